The van der Waals surface area contributed by atoms with Crippen molar-refractivity contribution in [1.29, 1.82) is 0 Å². The smallest absolute Gasteiger partial charge is 0.410 e. The lowest BCUT2D eigenvalue weighted by atomic mass is 10.1. The molecular weight excluding hydrogens is 446 g/mol. The zero-order valence-corrected chi connectivity index (χ0v) is 19.9. The molecule has 11 heteroatoms. The van der Waals surface area contributed by atoms with Gasteiger partial charge in [-0.1, -0.05) is 30.3 Å². The highest BCUT2D eigenvalue weighted by atomic mass is 16.6. The molecule has 1 N–H and O–H groups in total. The van der Waals surface area contributed by atoms with E-state index in [9.17, 15) is 24.0 Å². The Hall–Kier alpha value is -3.63. The van der Waals surface area contributed by atoms with Crippen LogP contribution in [0.4, 0.5) is 4.79 Å². The molecule has 0 spiro atoms. The number of hydrogen-bond acceptors (Lipinski definition) is 8. The van der Waals surface area contributed by atoms with E-state index >= 15 is 0 Å². The van der Waals surface area contributed by atoms with Crippen LogP contribution in [-0.2, 0) is 40.0 Å². The van der Waals surface area contributed by atoms with E-state index < -0.39 is 47.9 Å². The van der Waals surface area contributed by atoms with Crippen molar-refractivity contribution in [3.63, 3.8) is 0 Å². The average molecular weight is 478 g/mol. The van der Waals surface area contributed by atoms with Crippen molar-refractivity contribution >= 4 is 29.8 Å². The number of ether oxygens (including phenoxy) is 3. The van der Waals surface area contributed by atoms with E-state index in [2.05, 4.69) is 10.1 Å². The number of carbonyl (C=O) groups is 5. The largest absolute Gasteiger partial charge is 0.468 e. The lowest BCUT2D eigenvalue weighted by molar-refractivity contribution is -0.155. The number of hydrogen-bond donors (Lipinski definition) is 1. The van der Waals surface area contributed by atoms with Crippen LogP contribution < -0.4 is 5.32 Å². The van der Waals surface area contributed by atoms with Crippen molar-refractivity contribution in [3.8, 4) is 0 Å². The van der Waals surface area contributed by atoms with Crippen molar-refractivity contribution in [1.82, 2.24) is 15.1 Å². The summed E-state index contributed by atoms with van der Waals surface area (Å²) in [6.45, 7) is 4.52. The van der Waals surface area contributed by atoms with E-state index in [4.69, 9.17) is 9.47 Å². The summed E-state index contributed by atoms with van der Waals surface area (Å²) in [5.74, 6) is -2.49. The van der Waals surface area contributed by atoms with E-state index in [0.717, 1.165) is 10.5 Å². The van der Waals surface area contributed by atoms with Gasteiger partial charge >= 0.3 is 18.0 Å². The van der Waals surface area contributed by atoms with Crippen LogP contribution in [-0.4, -0.2) is 84.6 Å². The second kappa shape index (κ2) is 12.0. The maximum absolute atomic E-state index is 13.0. The van der Waals surface area contributed by atoms with E-state index in [1.807, 2.05) is 6.07 Å². The molecule has 1 aromatic carbocycles. The third-order valence-corrected chi connectivity index (χ3v) is 4.80. The SMILES string of the molecule is COC(=O)CN1CCN(C(=O)OCc2ccccc2)[C@@H](CC(=O)NCC(=O)OC(C)(C)C)C1=O. The molecule has 1 aromatic rings. The topological polar surface area (TPSA) is 132 Å². The summed E-state index contributed by atoms with van der Waals surface area (Å²) < 4.78 is 15.1. The second-order valence-corrected chi connectivity index (χ2v) is 8.65. The molecule has 11 nitrogen and oxygen atoms in total. The highest BCUT2D eigenvalue weighted by molar-refractivity contribution is 5.94. The van der Waals surface area contributed by atoms with Gasteiger partial charge in [0.15, 0.2) is 0 Å². The summed E-state index contributed by atoms with van der Waals surface area (Å²) in [5.41, 5.74) is 0.0487. The minimum atomic E-state index is -1.21. The first-order valence-electron chi connectivity index (χ1n) is 10.8. The number of esters is 2. The van der Waals surface area contributed by atoms with Gasteiger partial charge in [-0.25, -0.2) is 4.79 Å². The van der Waals surface area contributed by atoms with Gasteiger partial charge in [0.05, 0.1) is 13.5 Å². The van der Waals surface area contributed by atoms with Gasteiger partial charge in [0.2, 0.25) is 11.8 Å². The number of benzene rings is 1. The van der Waals surface area contributed by atoms with Gasteiger partial charge in [-0.3, -0.25) is 24.1 Å². The molecule has 0 saturated carbocycles. The zero-order valence-electron chi connectivity index (χ0n) is 19.9. The zero-order chi connectivity index (χ0) is 25.3. The Morgan fingerprint density at radius 1 is 1.06 bits per heavy atom. The highest BCUT2D eigenvalue weighted by Gasteiger charge is 2.40. The molecule has 0 unspecified atom stereocenters. The fourth-order valence-electron chi connectivity index (χ4n) is 3.23. The van der Waals surface area contributed by atoms with Gasteiger partial charge in [0, 0.05) is 13.1 Å². The van der Waals surface area contributed by atoms with Crippen LogP contribution in [0, 0.1) is 0 Å². The Bertz CT molecular complexity index is 897. The van der Waals surface area contributed by atoms with Crippen LogP contribution in [0.15, 0.2) is 30.3 Å². The van der Waals surface area contributed by atoms with Gasteiger partial charge < -0.3 is 24.4 Å². The standard InChI is InChI=1S/C23H31N3O8/c1-23(2,3)34-19(28)13-24-18(27)12-17-21(30)25(14-20(29)32-4)10-11-26(17)22(31)33-15-16-8-6-5-7-9-16/h5-9,17H,10-15H2,1-4H3,(H,24,27)/t17-/m0/s1. The Morgan fingerprint density at radius 3 is 2.35 bits per heavy atom. The van der Waals surface area contributed by atoms with Crippen LogP contribution >= 0.6 is 0 Å². The average Bonchev–Trinajstić information content (AvgIpc) is 2.78. The summed E-state index contributed by atoms with van der Waals surface area (Å²) in [5, 5.41) is 2.40. The van der Waals surface area contributed by atoms with Crippen LogP contribution in [0.3, 0.4) is 0 Å². The first-order chi connectivity index (χ1) is 16.0. The summed E-state index contributed by atoms with van der Waals surface area (Å²) in [6, 6.07) is 7.80. The monoisotopic (exact) mass is 477 g/mol. The van der Waals surface area contributed by atoms with Crippen LogP contribution in [0.25, 0.3) is 0 Å². The van der Waals surface area contributed by atoms with Crippen molar-refractivity contribution in [2.24, 2.45) is 0 Å². The van der Waals surface area contributed by atoms with E-state index in [1.54, 1.807) is 45.0 Å². The normalized spacial score (nSPS) is 16.0. The fraction of sp³-hybridized carbons (Fsp3) is 0.522. The fourth-order valence-corrected chi connectivity index (χ4v) is 3.23. The summed E-state index contributed by atoms with van der Waals surface area (Å²) in [6.07, 6.45) is -1.18. The predicted octanol–water partition coefficient (Wildman–Crippen LogP) is 0.857. The van der Waals surface area contributed by atoms with Crippen LogP contribution in [0.1, 0.15) is 32.8 Å². The Balaban J connectivity index is 2.06. The molecular formula is C23H31N3O8. The van der Waals surface area contributed by atoms with Gasteiger partial charge in [-0.15, -0.1) is 0 Å². The van der Waals surface area contributed by atoms with Crippen LogP contribution in [0.5, 0.6) is 0 Å². The maximum atomic E-state index is 13.0. The van der Waals surface area contributed by atoms with Gasteiger partial charge in [-0.2, -0.15) is 0 Å². The lowest BCUT2D eigenvalue weighted by Gasteiger charge is -2.39. The number of rotatable bonds is 8. The van der Waals surface area contributed by atoms with E-state index in [-0.39, 0.29) is 32.8 Å². The summed E-state index contributed by atoms with van der Waals surface area (Å²) >= 11 is 0. The Kier molecular flexibility index (Phi) is 9.40. The minimum absolute atomic E-state index is 0.00615. The number of piperazine rings is 1. The highest BCUT2D eigenvalue weighted by Crippen LogP contribution is 2.17. The second-order valence-electron chi connectivity index (χ2n) is 8.65. The molecule has 1 fully saturated rings. The van der Waals surface area contributed by atoms with Crippen molar-refractivity contribution in [2.75, 3.05) is 33.3 Å². The van der Waals surface area contributed by atoms with Crippen molar-refractivity contribution in [3.05, 3.63) is 35.9 Å². The van der Waals surface area contributed by atoms with Gasteiger partial charge in [-0.05, 0) is 26.3 Å². The molecule has 0 aliphatic carbocycles. The number of methoxy groups -OCH3 is 1. The van der Waals surface area contributed by atoms with Crippen LogP contribution in [0.2, 0.25) is 0 Å². The maximum Gasteiger partial charge on any atom is 0.410 e. The predicted molar refractivity (Wildman–Crippen MR) is 119 cm³/mol. The third kappa shape index (κ3) is 8.38. The molecule has 0 bridgehead atoms. The first-order valence-corrected chi connectivity index (χ1v) is 10.8. The summed E-state index contributed by atoms with van der Waals surface area (Å²) in [4.78, 5) is 64.2. The minimum Gasteiger partial charge on any atom is -0.468 e. The Morgan fingerprint density at radius 2 is 1.74 bits per heavy atom. The van der Waals surface area contributed by atoms with Gasteiger partial charge in [0.1, 0.15) is 31.3 Å². The first kappa shape index (κ1) is 26.6. The molecule has 1 aliphatic rings. The quantitative estimate of drug-likeness (QED) is 0.431. The number of nitrogens with one attached hydrogen (secondary N) is 1. The van der Waals surface area contributed by atoms with Crippen molar-refractivity contribution in [2.45, 2.75) is 45.4 Å². The number of amides is 3. The third-order valence-electron chi connectivity index (χ3n) is 4.80. The molecule has 0 radical (unpaired) electrons. The molecule has 1 heterocycles. The van der Waals surface area contributed by atoms with Gasteiger partial charge in [0.25, 0.3) is 0 Å². The molecule has 186 valence electrons. The molecule has 0 aromatic heterocycles. The number of nitrogens with zero attached hydrogens (tertiary/aromatic N) is 2. The lowest BCUT2D eigenvalue weighted by Crippen LogP contribution is -2.60. The molecule has 1 saturated heterocycles. The molecule has 2 rings (SSSR count). The molecule has 1 atom stereocenters. The molecule has 34 heavy (non-hydrogen) atoms. The Labute approximate surface area is 198 Å². The van der Waals surface area contributed by atoms with Crippen molar-refractivity contribution < 1.29 is 38.2 Å². The van der Waals surface area contributed by atoms with E-state index in [1.165, 1.54) is 12.0 Å². The number of carbonyl (C=O) groups excluding carboxylic acids is 5. The summed E-state index contributed by atoms with van der Waals surface area (Å²) in [7, 11) is 1.20. The van der Waals surface area contributed by atoms with E-state index in [0.29, 0.717) is 0 Å². The molecule has 1 aliphatic heterocycles. The molecule has 3 amide bonds.